The van der Waals surface area contributed by atoms with Crippen molar-refractivity contribution in [2.45, 2.75) is 19.8 Å². The molecule has 0 aliphatic rings. The van der Waals surface area contributed by atoms with Gasteiger partial charge in [0.1, 0.15) is 24.2 Å². The molecule has 0 saturated carbocycles. The molecule has 10 nitrogen and oxygen atoms in total. The maximum absolute atomic E-state index is 11.7. The molecule has 4 N–H and O–H groups in total. The van der Waals surface area contributed by atoms with Crippen LogP contribution in [0.15, 0.2) is 0 Å². The number of carboxylic acids is 4. The van der Waals surface area contributed by atoms with Gasteiger partial charge in [0.2, 0.25) is 0 Å². The van der Waals surface area contributed by atoms with Crippen molar-refractivity contribution in [3.63, 3.8) is 0 Å². The average Bonchev–Trinajstić information content (AvgIpc) is 2.35. The van der Waals surface area contributed by atoms with Crippen LogP contribution in [0.5, 0.6) is 0 Å². The summed E-state index contributed by atoms with van der Waals surface area (Å²) in [5.41, 5.74) is 0. The van der Waals surface area contributed by atoms with E-state index in [0.717, 1.165) is 6.92 Å². The lowest BCUT2D eigenvalue weighted by Crippen LogP contribution is -2.37. The third-order valence-electron chi connectivity index (χ3n) is 2.92. The zero-order chi connectivity index (χ0) is 17.6. The van der Waals surface area contributed by atoms with E-state index in [1.54, 1.807) is 0 Å². The molecule has 122 valence electrons. The summed E-state index contributed by atoms with van der Waals surface area (Å²) < 4.78 is 0. The number of hydrogen-bond acceptors (Lipinski definition) is 6. The monoisotopic (exact) mass is 318 g/mol. The second-order valence-electron chi connectivity index (χ2n) is 4.52. The van der Waals surface area contributed by atoms with E-state index >= 15 is 0 Å². The van der Waals surface area contributed by atoms with Gasteiger partial charge in [-0.3, -0.25) is 28.8 Å². The first-order valence-electron chi connectivity index (χ1n) is 5.95. The fourth-order valence-electron chi connectivity index (χ4n) is 1.64. The first-order chi connectivity index (χ1) is 9.98. The lowest BCUT2D eigenvalue weighted by molar-refractivity contribution is -0.153. The average molecular weight is 318 g/mol. The molecule has 22 heavy (non-hydrogen) atoms. The van der Waals surface area contributed by atoms with E-state index in [-0.39, 0.29) is 0 Å². The van der Waals surface area contributed by atoms with E-state index < -0.39 is 66.0 Å². The number of rotatable bonds is 10. The van der Waals surface area contributed by atoms with Gasteiger partial charge >= 0.3 is 23.9 Å². The smallest absolute Gasteiger partial charge is 0.314 e. The summed E-state index contributed by atoms with van der Waals surface area (Å²) in [5.74, 6) is -15.1. The summed E-state index contributed by atoms with van der Waals surface area (Å²) in [6, 6.07) is 0. The highest BCUT2D eigenvalue weighted by atomic mass is 16.4. The van der Waals surface area contributed by atoms with Gasteiger partial charge in [-0.1, -0.05) is 0 Å². The fourth-order valence-corrected chi connectivity index (χ4v) is 1.64. The van der Waals surface area contributed by atoms with Gasteiger partial charge in [0.25, 0.3) is 0 Å². The molecule has 0 aromatic carbocycles. The van der Waals surface area contributed by atoms with Gasteiger partial charge < -0.3 is 20.4 Å². The molecule has 0 fully saturated rings. The summed E-state index contributed by atoms with van der Waals surface area (Å²) in [7, 11) is 0. The van der Waals surface area contributed by atoms with Crippen LogP contribution in [-0.4, -0.2) is 55.9 Å². The molecule has 0 amide bonds. The van der Waals surface area contributed by atoms with Crippen LogP contribution in [0, 0.1) is 17.8 Å². The van der Waals surface area contributed by atoms with Gasteiger partial charge in [0, 0.05) is 0 Å². The molecular weight excluding hydrogens is 304 g/mol. The van der Waals surface area contributed by atoms with Gasteiger partial charge in [0.15, 0.2) is 11.6 Å². The molecule has 0 aliphatic heterocycles. The van der Waals surface area contributed by atoms with Gasteiger partial charge in [-0.25, -0.2) is 0 Å². The van der Waals surface area contributed by atoms with Gasteiger partial charge in [0.05, 0.1) is 0 Å². The Labute approximate surface area is 123 Å². The number of aliphatic carboxylic acids is 4. The van der Waals surface area contributed by atoms with E-state index in [0.29, 0.717) is 0 Å². The third kappa shape index (κ3) is 5.31. The van der Waals surface area contributed by atoms with Crippen LogP contribution in [0.3, 0.4) is 0 Å². The standard InChI is InChI=1S/C12H14O10/c1-4(10(17)18)9(16)6(12(21)22)2-5(11(19)20)7(13)3-8(14)15/h4-6H,2-3H2,1H3,(H,14,15)(H,17,18)(H,19,20)(H,21,22). The maximum atomic E-state index is 11.7. The van der Waals surface area contributed by atoms with Crippen molar-refractivity contribution in [3.8, 4) is 0 Å². The lowest BCUT2D eigenvalue weighted by Gasteiger charge is -2.17. The van der Waals surface area contributed by atoms with Crippen molar-refractivity contribution in [1.82, 2.24) is 0 Å². The van der Waals surface area contributed by atoms with Crippen molar-refractivity contribution in [2.75, 3.05) is 0 Å². The van der Waals surface area contributed by atoms with Crippen LogP contribution in [0.1, 0.15) is 19.8 Å². The summed E-state index contributed by atoms with van der Waals surface area (Å²) >= 11 is 0. The Morgan fingerprint density at radius 3 is 1.55 bits per heavy atom. The van der Waals surface area contributed by atoms with Crippen molar-refractivity contribution in [1.29, 1.82) is 0 Å². The Kier molecular flexibility index (Phi) is 6.87. The van der Waals surface area contributed by atoms with Crippen molar-refractivity contribution >= 4 is 35.4 Å². The summed E-state index contributed by atoms with van der Waals surface area (Å²) in [4.78, 5) is 66.4. The Balaban J connectivity index is 5.34. The van der Waals surface area contributed by atoms with Crippen LogP contribution in [0.25, 0.3) is 0 Å². The van der Waals surface area contributed by atoms with Crippen molar-refractivity contribution in [2.24, 2.45) is 17.8 Å². The summed E-state index contributed by atoms with van der Waals surface area (Å²) in [6.45, 7) is 0.926. The van der Waals surface area contributed by atoms with Crippen molar-refractivity contribution < 1.29 is 49.2 Å². The molecule has 0 aromatic rings. The molecule has 0 saturated heterocycles. The lowest BCUT2D eigenvalue weighted by atomic mass is 9.84. The Morgan fingerprint density at radius 2 is 1.23 bits per heavy atom. The molecule has 0 spiro atoms. The third-order valence-corrected chi connectivity index (χ3v) is 2.92. The quantitative estimate of drug-likeness (QED) is 0.368. The molecule has 0 radical (unpaired) electrons. The number of hydrogen-bond donors (Lipinski definition) is 4. The zero-order valence-electron chi connectivity index (χ0n) is 11.4. The molecular formula is C12H14O10. The first-order valence-corrected chi connectivity index (χ1v) is 5.95. The minimum Gasteiger partial charge on any atom is -0.481 e. The zero-order valence-corrected chi connectivity index (χ0v) is 11.4. The molecule has 0 rings (SSSR count). The van der Waals surface area contributed by atoms with E-state index in [9.17, 15) is 28.8 Å². The van der Waals surface area contributed by atoms with Crippen LogP contribution in [0.4, 0.5) is 0 Å². The minimum absolute atomic E-state index is 0.926. The van der Waals surface area contributed by atoms with Gasteiger partial charge in [-0.15, -0.1) is 0 Å². The largest absolute Gasteiger partial charge is 0.481 e. The second kappa shape index (κ2) is 7.86. The summed E-state index contributed by atoms with van der Waals surface area (Å²) in [6.07, 6.45) is -2.15. The summed E-state index contributed by atoms with van der Waals surface area (Å²) in [5, 5.41) is 34.9. The van der Waals surface area contributed by atoms with Crippen LogP contribution < -0.4 is 0 Å². The topological polar surface area (TPSA) is 183 Å². The first kappa shape index (κ1) is 19.2. The van der Waals surface area contributed by atoms with Crippen molar-refractivity contribution in [3.05, 3.63) is 0 Å². The van der Waals surface area contributed by atoms with E-state index in [2.05, 4.69) is 0 Å². The SMILES string of the molecule is CC(C(=O)O)C(=O)C(CC(C(=O)O)C(=O)CC(=O)O)C(=O)O. The Hall–Kier alpha value is -2.78. The molecule has 0 aliphatic carbocycles. The highest BCUT2D eigenvalue weighted by Crippen LogP contribution is 2.20. The van der Waals surface area contributed by atoms with E-state index in [4.69, 9.17) is 20.4 Å². The van der Waals surface area contributed by atoms with Gasteiger partial charge in [-0.2, -0.15) is 0 Å². The normalized spacial score (nSPS) is 14.4. The Bertz CT molecular complexity index is 520. The number of carboxylic acid groups (broad SMARTS) is 4. The fraction of sp³-hybridized carbons (Fsp3) is 0.500. The molecule has 10 heteroatoms. The number of ketones is 2. The molecule has 0 heterocycles. The predicted molar refractivity (Wildman–Crippen MR) is 65.9 cm³/mol. The highest BCUT2D eigenvalue weighted by molar-refractivity contribution is 6.09. The number of carbonyl (C=O) groups is 6. The molecule has 0 aromatic heterocycles. The van der Waals surface area contributed by atoms with Crippen LogP contribution >= 0.6 is 0 Å². The van der Waals surface area contributed by atoms with Gasteiger partial charge in [-0.05, 0) is 13.3 Å². The highest BCUT2D eigenvalue weighted by Gasteiger charge is 2.39. The van der Waals surface area contributed by atoms with Crippen LogP contribution in [-0.2, 0) is 28.8 Å². The predicted octanol–water partition coefficient (Wildman–Crippen LogP) is -0.888. The van der Waals surface area contributed by atoms with Crippen LogP contribution in [0.2, 0.25) is 0 Å². The van der Waals surface area contributed by atoms with E-state index in [1.165, 1.54) is 0 Å². The minimum atomic E-state index is -2.04. The molecule has 3 atom stereocenters. The molecule has 0 bridgehead atoms. The van der Waals surface area contributed by atoms with E-state index in [1.807, 2.05) is 0 Å². The molecule has 3 unspecified atom stereocenters. The number of carbonyl (C=O) groups excluding carboxylic acids is 2. The maximum Gasteiger partial charge on any atom is 0.314 e. The second-order valence-corrected chi connectivity index (χ2v) is 4.52. The Morgan fingerprint density at radius 1 is 0.773 bits per heavy atom. The number of Topliss-reactive ketones (excluding diaryl/α,β-unsaturated/α-hetero) is 2.